The Labute approximate surface area is 174 Å². The highest BCUT2D eigenvalue weighted by Crippen LogP contribution is 2.27. The molecule has 4 heterocycles. The van der Waals surface area contributed by atoms with Crippen molar-refractivity contribution in [2.75, 3.05) is 49.1 Å². The second-order valence-corrected chi connectivity index (χ2v) is 7.99. The summed E-state index contributed by atoms with van der Waals surface area (Å²) >= 11 is 0. The number of piperazine rings is 1. The Balaban J connectivity index is 1.36. The molecule has 0 saturated carbocycles. The molecule has 0 N–H and O–H groups in total. The minimum Gasteiger partial charge on any atom is -0.356 e. The molecule has 0 spiro atoms. The van der Waals surface area contributed by atoms with E-state index in [4.69, 9.17) is 0 Å². The number of anilines is 2. The number of alkyl halides is 3. The molecule has 9 heteroatoms. The predicted octanol–water partition coefficient (Wildman–Crippen LogP) is 3.51. The second-order valence-electron chi connectivity index (χ2n) is 7.99. The first-order valence-corrected chi connectivity index (χ1v) is 10.5. The average molecular weight is 420 g/mol. The first-order chi connectivity index (χ1) is 14.4. The molecular weight excluding hydrogens is 393 g/mol. The third-order valence-electron chi connectivity index (χ3n) is 5.71. The molecule has 2 aliphatic heterocycles. The molecule has 0 bridgehead atoms. The van der Waals surface area contributed by atoms with Crippen LogP contribution < -0.4 is 9.80 Å². The Morgan fingerprint density at radius 1 is 0.867 bits per heavy atom. The normalized spacial score (nSPS) is 18.7. The van der Waals surface area contributed by atoms with Crippen molar-refractivity contribution in [2.45, 2.75) is 38.9 Å². The lowest BCUT2D eigenvalue weighted by atomic mass is 10.1. The third kappa shape index (κ3) is 5.00. The van der Waals surface area contributed by atoms with Gasteiger partial charge < -0.3 is 9.80 Å². The maximum Gasteiger partial charge on any atom is 0.433 e. The zero-order valence-corrected chi connectivity index (χ0v) is 17.2. The lowest BCUT2D eigenvalue weighted by Crippen LogP contribution is -2.46. The van der Waals surface area contributed by atoms with E-state index in [1.54, 1.807) is 0 Å². The highest BCUT2D eigenvalue weighted by atomic mass is 19.4. The number of hydrogen-bond acceptors (Lipinski definition) is 6. The van der Waals surface area contributed by atoms with E-state index in [1.807, 2.05) is 6.92 Å². The van der Waals surface area contributed by atoms with Crippen LogP contribution in [0.1, 0.15) is 36.3 Å². The first kappa shape index (κ1) is 20.8. The van der Waals surface area contributed by atoms with Gasteiger partial charge in [0.05, 0.1) is 0 Å². The van der Waals surface area contributed by atoms with Crippen molar-refractivity contribution in [2.24, 2.45) is 0 Å². The van der Waals surface area contributed by atoms with Gasteiger partial charge in [-0.1, -0.05) is 6.07 Å². The first-order valence-electron chi connectivity index (χ1n) is 10.5. The molecule has 30 heavy (non-hydrogen) atoms. The van der Waals surface area contributed by atoms with E-state index in [9.17, 15) is 13.2 Å². The number of aromatic nitrogens is 3. The van der Waals surface area contributed by atoms with Crippen LogP contribution in [0, 0.1) is 6.92 Å². The van der Waals surface area contributed by atoms with E-state index in [2.05, 4.69) is 35.7 Å². The summed E-state index contributed by atoms with van der Waals surface area (Å²) in [5, 5.41) is 0. The van der Waals surface area contributed by atoms with E-state index in [0.29, 0.717) is 6.54 Å². The van der Waals surface area contributed by atoms with Gasteiger partial charge in [-0.05, 0) is 37.8 Å². The molecule has 0 atom stereocenters. The van der Waals surface area contributed by atoms with Gasteiger partial charge in [-0.3, -0.25) is 9.88 Å². The number of rotatable bonds is 4. The van der Waals surface area contributed by atoms with Gasteiger partial charge in [-0.2, -0.15) is 13.2 Å². The molecule has 4 rings (SSSR count). The SMILES string of the molecule is Cc1nc(N2CCCCC2)cc(N2CCN(Cc3ccc(C(F)(F)F)nc3)CC2)n1. The number of piperidine rings is 1. The molecule has 2 aromatic rings. The molecule has 0 radical (unpaired) electrons. The number of pyridine rings is 1. The highest BCUT2D eigenvalue weighted by Gasteiger charge is 2.32. The lowest BCUT2D eigenvalue weighted by Gasteiger charge is -2.36. The summed E-state index contributed by atoms with van der Waals surface area (Å²) < 4.78 is 38.0. The molecule has 0 amide bonds. The van der Waals surface area contributed by atoms with Crippen molar-refractivity contribution >= 4 is 11.6 Å². The van der Waals surface area contributed by atoms with Gasteiger partial charge in [0.15, 0.2) is 0 Å². The summed E-state index contributed by atoms with van der Waals surface area (Å²) in [7, 11) is 0. The zero-order chi connectivity index (χ0) is 21.1. The van der Waals surface area contributed by atoms with Gasteiger partial charge in [-0.25, -0.2) is 9.97 Å². The van der Waals surface area contributed by atoms with Crippen LogP contribution in [0.5, 0.6) is 0 Å². The minimum absolute atomic E-state index is 0.598. The van der Waals surface area contributed by atoms with E-state index in [-0.39, 0.29) is 0 Å². The van der Waals surface area contributed by atoms with E-state index < -0.39 is 11.9 Å². The van der Waals surface area contributed by atoms with Crippen LogP contribution in [-0.4, -0.2) is 59.1 Å². The van der Waals surface area contributed by atoms with Crippen molar-refractivity contribution < 1.29 is 13.2 Å². The summed E-state index contributed by atoms with van der Waals surface area (Å²) in [6, 6.07) is 4.66. The lowest BCUT2D eigenvalue weighted by molar-refractivity contribution is -0.141. The summed E-state index contributed by atoms with van der Waals surface area (Å²) in [5.74, 6) is 2.75. The van der Waals surface area contributed by atoms with Gasteiger partial charge in [-0.15, -0.1) is 0 Å². The molecule has 0 aromatic carbocycles. The summed E-state index contributed by atoms with van der Waals surface area (Å²) in [6.07, 6.45) is 0.621. The smallest absolute Gasteiger partial charge is 0.356 e. The molecule has 2 fully saturated rings. The van der Waals surface area contributed by atoms with Crippen LogP contribution in [0.25, 0.3) is 0 Å². The van der Waals surface area contributed by atoms with Crippen LogP contribution in [-0.2, 0) is 12.7 Å². The molecule has 0 unspecified atom stereocenters. The maximum absolute atomic E-state index is 12.7. The third-order valence-corrected chi connectivity index (χ3v) is 5.71. The number of hydrogen-bond donors (Lipinski definition) is 0. The number of aryl methyl sites for hydroxylation is 1. The fourth-order valence-corrected chi connectivity index (χ4v) is 4.06. The quantitative estimate of drug-likeness (QED) is 0.755. The van der Waals surface area contributed by atoms with Crippen molar-refractivity contribution in [3.05, 3.63) is 41.5 Å². The van der Waals surface area contributed by atoms with Gasteiger partial charge >= 0.3 is 6.18 Å². The summed E-state index contributed by atoms with van der Waals surface area (Å²) in [5.41, 5.74) is -0.0542. The summed E-state index contributed by atoms with van der Waals surface area (Å²) in [4.78, 5) is 19.7. The van der Waals surface area contributed by atoms with E-state index >= 15 is 0 Å². The monoisotopic (exact) mass is 420 g/mol. The molecule has 6 nitrogen and oxygen atoms in total. The van der Waals surface area contributed by atoms with E-state index in [0.717, 1.165) is 68.4 Å². The standard InChI is InChI=1S/C21H27F3N6/c1-16-26-19(29-7-3-2-4-8-29)13-20(27-16)30-11-9-28(10-12-30)15-17-5-6-18(25-14-17)21(22,23)24/h5-6,13-14H,2-4,7-12,15H2,1H3. The van der Waals surface area contributed by atoms with Gasteiger partial charge in [0.1, 0.15) is 23.2 Å². The van der Waals surface area contributed by atoms with Gasteiger partial charge in [0.2, 0.25) is 0 Å². The van der Waals surface area contributed by atoms with Crippen molar-refractivity contribution in [3.63, 3.8) is 0 Å². The van der Waals surface area contributed by atoms with Crippen LogP contribution in [0.3, 0.4) is 0 Å². The zero-order valence-electron chi connectivity index (χ0n) is 17.2. The molecular formula is C21H27F3N6. The van der Waals surface area contributed by atoms with Gasteiger partial charge in [0, 0.05) is 58.1 Å². The van der Waals surface area contributed by atoms with Gasteiger partial charge in [0.25, 0.3) is 0 Å². The van der Waals surface area contributed by atoms with E-state index in [1.165, 1.54) is 31.5 Å². The Hall–Kier alpha value is -2.42. The maximum atomic E-state index is 12.7. The van der Waals surface area contributed by atoms with Crippen molar-refractivity contribution in [1.29, 1.82) is 0 Å². The highest BCUT2D eigenvalue weighted by molar-refractivity contribution is 5.51. The fraction of sp³-hybridized carbons (Fsp3) is 0.571. The minimum atomic E-state index is -4.40. The Morgan fingerprint density at radius 3 is 2.07 bits per heavy atom. The number of nitrogens with zero attached hydrogens (tertiary/aromatic N) is 6. The summed E-state index contributed by atoms with van der Waals surface area (Å²) in [6.45, 7) is 7.92. The average Bonchev–Trinajstić information content (AvgIpc) is 2.74. The molecule has 2 aromatic heterocycles. The topological polar surface area (TPSA) is 48.4 Å². The Kier molecular flexibility index (Phi) is 6.08. The Morgan fingerprint density at radius 2 is 1.50 bits per heavy atom. The molecule has 162 valence electrons. The van der Waals surface area contributed by atoms with Crippen LogP contribution in [0.15, 0.2) is 24.4 Å². The fourth-order valence-electron chi connectivity index (χ4n) is 4.06. The van der Waals surface area contributed by atoms with Crippen molar-refractivity contribution in [1.82, 2.24) is 19.9 Å². The number of halogens is 3. The van der Waals surface area contributed by atoms with Crippen LogP contribution in [0.4, 0.5) is 24.8 Å². The largest absolute Gasteiger partial charge is 0.433 e. The molecule has 2 saturated heterocycles. The molecule has 0 aliphatic carbocycles. The van der Waals surface area contributed by atoms with Crippen molar-refractivity contribution in [3.8, 4) is 0 Å². The van der Waals surface area contributed by atoms with Crippen LogP contribution in [0.2, 0.25) is 0 Å². The molecule has 2 aliphatic rings. The second kappa shape index (κ2) is 8.75. The Bertz CT molecular complexity index is 841. The van der Waals surface area contributed by atoms with Crippen LogP contribution >= 0.6 is 0 Å². The predicted molar refractivity (Wildman–Crippen MR) is 110 cm³/mol.